The van der Waals surface area contributed by atoms with Gasteiger partial charge in [-0.3, -0.25) is 0 Å². The number of benzene rings is 1. The Kier molecular flexibility index (Phi) is 4.37. The van der Waals surface area contributed by atoms with Gasteiger partial charge in [0.05, 0.1) is 0 Å². The second-order valence-electron chi connectivity index (χ2n) is 6.67. The molecule has 1 saturated heterocycles. The van der Waals surface area contributed by atoms with Gasteiger partial charge >= 0.3 is 6.18 Å². The molecule has 9 heteroatoms. The van der Waals surface area contributed by atoms with Gasteiger partial charge in [0.15, 0.2) is 5.65 Å². The summed E-state index contributed by atoms with van der Waals surface area (Å²) in [5.41, 5.74) is 1.23. The topological polar surface area (TPSA) is 49.6 Å². The number of piperidine rings is 1. The standard InChI is InChI=1S/C18H19F3N6/c1-25(14-8-5-11-26(12-14)13-6-3-2-4-7-13)16-10-9-15-22-23-17(18(19,20)21)27(15)24-16/h2-4,6-7,9-10,14H,5,8,11-12H2,1H3. The lowest BCUT2D eigenvalue weighted by Crippen LogP contribution is -2.47. The fourth-order valence-corrected chi connectivity index (χ4v) is 3.48. The molecule has 3 heterocycles. The van der Waals surface area contributed by atoms with Crippen LogP contribution >= 0.6 is 0 Å². The van der Waals surface area contributed by atoms with Gasteiger partial charge in [-0.2, -0.15) is 17.7 Å². The van der Waals surface area contributed by atoms with E-state index >= 15 is 0 Å². The summed E-state index contributed by atoms with van der Waals surface area (Å²) >= 11 is 0. The Hall–Kier alpha value is -2.84. The molecule has 0 saturated carbocycles. The third-order valence-corrected chi connectivity index (χ3v) is 4.93. The Morgan fingerprint density at radius 1 is 1.07 bits per heavy atom. The predicted octanol–water partition coefficient (Wildman–Crippen LogP) is 3.25. The first-order chi connectivity index (χ1) is 12.9. The third kappa shape index (κ3) is 3.41. The SMILES string of the molecule is CN(c1ccc2nnc(C(F)(F)F)n2n1)C1CCCN(c2ccccc2)C1. The van der Waals surface area contributed by atoms with E-state index in [0.717, 1.165) is 36.1 Å². The number of anilines is 2. The zero-order valence-corrected chi connectivity index (χ0v) is 14.8. The normalized spacial score (nSPS) is 18.1. The maximum Gasteiger partial charge on any atom is 0.453 e. The second-order valence-corrected chi connectivity index (χ2v) is 6.67. The number of likely N-dealkylation sites (N-methyl/N-ethyl adjacent to an activating group) is 1. The molecule has 2 aromatic heterocycles. The monoisotopic (exact) mass is 376 g/mol. The lowest BCUT2D eigenvalue weighted by atomic mass is 10.0. The number of nitrogens with zero attached hydrogens (tertiary/aromatic N) is 6. The molecule has 0 N–H and O–H groups in total. The Morgan fingerprint density at radius 2 is 1.85 bits per heavy atom. The van der Waals surface area contributed by atoms with Crippen molar-refractivity contribution < 1.29 is 13.2 Å². The summed E-state index contributed by atoms with van der Waals surface area (Å²) in [7, 11) is 1.87. The summed E-state index contributed by atoms with van der Waals surface area (Å²) in [6.07, 6.45) is -2.64. The number of para-hydroxylation sites is 1. The molecule has 0 amide bonds. The number of fused-ring (bicyclic) bond motifs is 1. The van der Waals surface area contributed by atoms with Gasteiger partial charge in [0.1, 0.15) is 5.82 Å². The van der Waals surface area contributed by atoms with Crippen molar-refractivity contribution >= 4 is 17.2 Å². The van der Waals surface area contributed by atoms with Crippen molar-refractivity contribution in [2.45, 2.75) is 25.1 Å². The van der Waals surface area contributed by atoms with E-state index in [9.17, 15) is 13.2 Å². The van der Waals surface area contributed by atoms with Crippen molar-refractivity contribution in [3.8, 4) is 0 Å². The van der Waals surface area contributed by atoms with Crippen molar-refractivity contribution in [3.05, 3.63) is 48.3 Å². The second kappa shape index (κ2) is 6.71. The van der Waals surface area contributed by atoms with Crippen molar-refractivity contribution in [2.24, 2.45) is 0 Å². The van der Waals surface area contributed by atoms with E-state index in [0.29, 0.717) is 5.82 Å². The van der Waals surface area contributed by atoms with Crippen molar-refractivity contribution in [1.82, 2.24) is 19.8 Å². The van der Waals surface area contributed by atoms with Crippen molar-refractivity contribution in [1.29, 1.82) is 0 Å². The van der Waals surface area contributed by atoms with Crippen LogP contribution in [0.15, 0.2) is 42.5 Å². The first-order valence-corrected chi connectivity index (χ1v) is 8.76. The number of aromatic nitrogens is 4. The largest absolute Gasteiger partial charge is 0.453 e. The summed E-state index contributed by atoms with van der Waals surface area (Å²) < 4.78 is 40.0. The highest BCUT2D eigenvalue weighted by molar-refractivity contribution is 5.49. The van der Waals surface area contributed by atoms with Crippen molar-refractivity contribution in [2.75, 3.05) is 29.9 Å². The van der Waals surface area contributed by atoms with Gasteiger partial charge < -0.3 is 9.80 Å². The van der Waals surface area contributed by atoms with Gasteiger partial charge in [-0.1, -0.05) is 18.2 Å². The summed E-state index contributed by atoms with van der Waals surface area (Å²) in [5.74, 6) is -0.644. The highest BCUT2D eigenvalue weighted by Gasteiger charge is 2.38. The maximum atomic E-state index is 13.1. The number of alkyl halides is 3. The molecule has 0 radical (unpaired) electrons. The Morgan fingerprint density at radius 3 is 2.59 bits per heavy atom. The molecule has 4 rings (SSSR count). The number of rotatable bonds is 3. The summed E-state index contributed by atoms with van der Waals surface area (Å²) in [6, 6.07) is 13.5. The molecule has 0 bridgehead atoms. The van der Waals surface area contributed by atoms with Gasteiger partial charge in [0, 0.05) is 31.9 Å². The first kappa shape index (κ1) is 17.6. The average molecular weight is 376 g/mol. The van der Waals surface area contributed by atoms with Crippen LogP contribution in [0.2, 0.25) is 0 Å². The van der Waals surface area contributed by atoms with E-state index in [1.807, 2.05) is 30.1 Å². The molecular weight excluding hydrogens is 357 g/mol. The quantitative estimate of drug-likeness (QED) is 0.702. The Labute approximate surface area is 154 Å². The van der Waals surface area contributed by atoms with E-state index in [2.05, 4.69) is 32.3 Å². The molecule has 1 aromatic carbocycles. The molecule has 1 fully saturated rings. The highest BCUT2D eigenvalue weighted by Crippen LogP contribution is 2.29. The van der Waals surface area contributed by atoms with Gasteiger partial charge in [-0.15, -0.1) is 15.3 Å². The lowest BCUT2D eigenvalue weighted by Gasteiger charge is -2.39. The molecule has 3 aromatic rings. The van der Waals surface area contributed by atoms with Crippen LogP contribution in [0.5, 0.6) is 0 Å². The zero-order valence-electron chi connectivity index (χ0n) is 14.8. The summed E-state index contributed by atoms with van der Waals surface area (Å²) in [6.45, 7) is 1.75. The van der Waals surface area contributed by atoms with E-state index in [-0.39, 0.29) is 11.7 Å². The minimum absolute atomic E-state index is 0.0778. The van der Waals surface area contributed by atoms with Crippen LogP contribution in [0.4, 0.5) is 24.7 Å². The van der Waals surface area contributed by atoms with Crippen LogP contribution in [0.25, 0.3) is 5.65 Å². The summed E-state index contributed by atoms with van der Waals surface area (Å²) in [5, 5.41) is 10.9. The van der Waals surface area contributed by atoms with Crippen LogP contribution in [-0.2, 0) is 6.18 Å². The maximum absolute atomic E-state index is 13.1. The van der Waals surface area contributed by atoms with E-state index in [1.165, 1.54) is 6.07 Å². The smallest absolute Gasteiger partial charge is 0.369 e. The minimum Gasteiger partial charge on any atom is -0.369 e. The van der Waals surface area contributed by atoms with Crippen molar-refractivity contribution in [3.63, 3.8) is 0 Å². The molecule has 1 atom stereocenters. The fraction of sp³-hybridized carbons (Fsp3) is 0.389. The summed E-state index contributed by atoms with van der Waals surface area (Å²) in [4.78, 5) is 4.23. The van der Waals surface area contributed by atoms with E-state index in [1.54, 1.807) is 6.07 Å². The van der Waals surface area contributed by atoms with Crippen LogP contribution in [0, 0.1) is 0 Å². The van der Waals surface area contributed by atoms with E-state index in [4.69, 9.17) is 0 Å². The minimum atomic E-state index is -4.60. The van der Waals surface area contributed by atoms with Gasteiger partial charge in [-0.25, -0.2) is 0 Å². The Balaban J connectivity index is 1.59. The van der Waals surface area contributed by atoms with Crippen LogP contribution in [0.3, 0.4) is 0 Å². The molecular formula is C18H19F3N6. The predicted molar refractivity (Wildman–Crippen MR) is 95.9 cm³/mol. The molecule has 0 aliphatic carbocycles. The highest BCUT2D eigenvalue weighted by atomic mass is 19.4. The van der Waals surface area contributed by atoms with Crippen LogP contribution in [0.1, 0.15) is 18.7 Å². The molecule has 6 nitrogen and oxygen atoms in total. The van der Waals surface area contributed by atoms with Gasteiger partial charge in [-0.05, 0) is 37.1 Å². The van der Waals surface area contributed by atoms with Gasteiger partial charge in [0.25, 0.3) is 5.82 Å². The molecule has 27 heavy (non-hydrogen) atoms. The average Bonchev–Trinajstić information content (AvgIpc) is 3.12. The lowest BCUT2D eigenvalue weighted by molar-refractivity contribution is -0.146. The van der Waals surface area contributed by atoms with Crippen LogP contribution in [-0.4, -0.2) is 46.0 Å². The Bertz CT molecular complexity index is 924. The molecule has 1 aliphatic heterocycles. The zero-order chi connectivity index (χ0) is 19.0. The van der Waals surface area contributed by atoms with E-state index < -0.39 is 12.0 Å². The molecule has 1 unspecified atom stereocenters. The van der Waals surface area contributed by atoms with Crippen LogP contribution < -0.4 is 9.80 Å². The number of hydrogen-bond donors (Lipinski definition) is 0. The molecule has 142 valence electrons. The number of hydrogen-bond acceptors (Lipinski definition) is 5. The molecule has 0 spiro atoms. The van der Waals surface area contributed by atoms with Gasteiger partial charge in [0.2, 0.25) is 0 Å². The number of halogens is 3. The molecule has 1 aliphatic rings. The third-order valence-electron chi connectivity index (χ3n) is 4.93. The fourth-order valence-electron chi connectivity index (χ4n) is 3.48. The first-order valence-electron chi connectivity index (χ1n) is 8.76.